The first-order valence-electron chi connectivity index (χ1n) is 9.21. The fourth-order valence-electron chi connectivity index (χ4n) is 3.52. The Bertz CT molecular complexity index is 1030. The van der Waals surface area contributed by atoms with Crippen LogP contribution in [0.5, 0.6) is 0 Å². The zero-order valence-corrected chi connectivity index (χ0v) is 16.0. The van der Waals surface area contributed by atoms with Crippen molar-refractivity contribution in [2.24, 2.45) is 0 Å². The van der Waals surface area contributed by atoms with E-state index in [2.05, 4.69) is 47.1 Å². The van der Waals surface area contributed by atoms with Gasteiger partial charge in [-0.1, -0.05) is 42.5 Å². The maximum atomic E-state index is 12.9. The van der Waals surface area contributed by atoms with Crippen LogP contribution in [0.25, 0.3) is 0 Å². The van der Waals surface area contributed by atoms with Crippen LogP contribution in [-0.2, 0) is 13.2 Å². The van der Waals surface area contributed by atoms with Gasteiger partial charge in [0.05, 0.1) is 13.3 Å². The number of benzene rings is 2. The van der Waals surface area contributed by atoms with E-state index < -0.39 is 0 Å². The Kier molecular flexibility index (Phi) is 4.54. The summed E-state index contributed by atoms with van der Waals surface area (Å²) in [6, 6.07) is 18.7. The first-order chi connectivity index (χ1) is 13.0. The third-order valence-corrected chi connectivity index (χ3v) is 5.10. The number of fused-ring (bicyclic) bond motifs is 1. The quantitative estimate of drug-likeness (QED) is 0.714. The molecule has 5 nitrogen and oxygen atoms in total. The van der Waals surface area contributed by atoms with Crippen LogP contribution in [-0.4, -0.2) is 21.1 Å². The van der Waals surface area contributed by atoms with Gasteiger partial charge in [0.25, 0.3) is 5.56 Å². The van der Waals surface area contributed by atoms with Crippen molar-refractivity contribution < 1.29 is 0 Å². The number of aromatic nitrogens is 2. The molecule has 0 aliphatic carbocycles. The monoisotopic (exact) mass is 360 g/mol. The summed E-state index contributed by atoms with van der Waals surface area (Å²) in [6.45, 7) is 7.85. The number of hydrogen-bond donors (Lipinski definition) is 0. The topological polar surface area (TPSA) is 41.4 Å². The molecule has 1 aliphatic rings. The van der Waals surface area contributed by atoms with Crippen LogP contribution in [0.15, 0.2) is 59.4 Å². The maximum Gasteiger partial charge on any atom is 0.259 e. The summed E-state index contributed by atoms with van der Waals surface area (Å²) >= 11 is 0. The zero-order chi connectivity index (χ0) is 19.0. The van der Waals surface area contributed by atoms with Crippen molar-refractivity contribution in [3.05, 3.63) is 87.3 Å². The highest BCUT2D eigenvalue weighted by Crippen LogP contribution is 2.28. The Balaban J connectivity index is 1.79. The molecule has 0 radical (unpaired) electrons. The Morgan fingerprint density at radius 1 is 0.963 bits per heavy atom. The zero-order valence-electron chi connectivity index (χ0n) is 16.0. The van der Waals surface area contributed by atoms with Gasteiger partial charge in [0.2, 0.25) is 5.95 Å². The second-order valence-electron chi connectivity index (χ2n) is 7.22. The minimum absolute atomic E-state index is 0.0351. The summed E-state index contributed by atoms with van der Waals surface area (Å²) in [7, 11) is 0. The van der Waals surface area contributed by atoms with Crippen LogP contribution in [0, 0.1) is 20.8 Å². The molecule has 0 unspecified atom stereocenters. The molecular formula is C22H24N4O. The van der Waals surface area contributed by atoms with E-state index in [1.165, 1.54) is 11.1 Å². The second kappa shape index (κ2) is 7.00. The van der Waals surface area contributed by atoms with E-state index in [0.717, 1.165) is 23.9 Å². The lowest BCUT2D eigenvalue weighted by atomic mass is 10.2. The molecule has 0 fully saturated rings. The molecule has 4 rings (SSSR count). The van der Waals surface area contributed by atoms with Crippen molar-refractivity contribution in [3.63, 3.8) is 0 Å². The fraction of sp³-hybridized carbons (Fsp3) is 0.273. The van der Waals surface area contributed by atoms with E-state index in [1.54, 1.807) is 4.57 Å². The van der Waals surface area contributed by atoms with E-state index in [1.807, 2.05) is 38.1 Å². The molecule has 27 heavy (non-hydrogen) atoms. The largest absolute Gasteiger partial charge is 0.298 e. The van der Waals surface area contributed by atoms with E-state index >= 15 is 0 Å². The smallest absolute Gasteiger partial charge is 0.259 e. The molecular weight excluding hydrogens is 336 g/mol. The summed E-state index contributed by atoms with van der Waals surface area (Å²) in [5, 5.41) is 0. The van der Waals surface area contributed by atoms with Crippen LogP contribution in [0.4, 0.5) is 11.6 Å². The molecule has 2 heterocycles. The second-order valence-corrected chi connectivity index (χ2v) is 7.22. The molecule has 0 bridgehead atoms. The third-order valence-electron chi connectivity index (χ3n) is 5.10. The first kappa shape index (κ1) is 17.5. The summed E-state index contributed by atoms with van der Waals surface area (Å²) in [6.07, 6.45) is 0. The molecule has 0 N–H and O–H groups in total. The van der Waals surface area contributed by atoms with Gasteiger partial charge in [-0.15, -0.1) is 0 Å². The maximum absolute atomic E-state index is 12.9. The first-order valence-corrected chi connectivity index (χ1v) is 9.21. The van der Waals surface area contributed by atoms with Gasteiger partial charge in [-0.25, -0.2) is 4.98 Å². The normalized spacial score (nSPS) is 14.3. The average molecular weight is 360 g/mol. The Labute approximate surface area is 159 Å². The van der Waals surface area contributed by atoms with Crippen LogP contribution < -0.4 is 10.5 Å². The van der Waals surface area contributed by atoms with Crippen molar-refractivity contribution in [1.29, 1.82) is 0 Å². The molecule has 1 aromatic heterocycles. The van der Waals surface area contributed by atoms with Gasteiger partial charge >= 0.3 is 0 Å². The van der Waals surface area contributed by atoms with Crippen molar-refractivity contribution >= 4 is 11.6 Å². The van der Waals surface area contributed by atoms with E-state index in [0.29, 0.717) is 18.9 Å². The van der Waals surface area contributed by atoms with Gasteiger partial charge in [0, 0.05) is 23.5 Å². The van der Waals surface area contributed by atoms with Gasteiger partial charge in [0.15, 0.2) is 0 Å². The third kappa shape index (κ3) is 3.38. The number of aryl methyl sites for hydroxylation is 2. The lowest BCUT2D eigenvalue weighted by Crippen LogP contribution is -2.47. The molecule has 2 aromatic carbocycles. The van der Waals surface area contributed by atoms with Crippen LogP contribution in [0.2, 0.25) is 0 Å². The van der Waals surface area contributed by atoms with Crippen molar-refractivity contribution in [2.45, 2.75) is 34.0 Å². The average Bonchev–Trinajstić information content (AvgIpc) is 2.67. The number of hydrogen-bond acceptors (Lipinski definition) is 4. The molecule has 1 aliphatic heterocycles. The molecule has 0 saturated carbocycles. The van der Waals surface area contributed by atoms with Gasteiger partial charge in [-0.2, -0.15) is 0 Å². The van der Waals surface area contributed by atoms with E-state index in [9.17, 15) is 4.79 Å². The van der Waals surface area contributed by atoms with Gasteiger partial charge in [-0.3, -0.25) is 19.2 Å². The highest BCUT2D eigenvalue weighted by atomic mass is 16.1. The summed E-state index contributed by atoms with van der Waals surface area (Å²) < 4.78 is 1.79. The van der Waals surface area contributed by atoms with Crippen molar-refractivity contribution in [2.75, 3.05) is 11.6 Å². The van der Waals surface area contributed by atoms with Crippen molar-refractivity contribution in [1.82, 2.24) is 14.5 Å². The van der Waals surface area contributed by atoms with Crippen molar-refractivity contribution in [3.8, 4) is 0 Å². The van der Waals surface area contributed by atoms with Gasteiger partial charge in [-0.05, 0) is 44.0 Å². The fourth-order valence-corrected chi connectivity index (χ4v) is 3.52. The van der Waals surface area contributed by atoms with Crippen LogP contribution >= 0.6 is 0 Å². The predicted octanol–water partition coefficient (Wildman–Crippen LogP) is 3.74. The lowest BCUT2D eigenvalue weighted by molar-refractivity contribution is 0.190. The number of nitrogens with zero attached hydrogens (tertiary/aromatic N) is 4. The van der Waals surface area contributed by atoms with Gasteiger partial charge in [0.1, 0.15) is 0 Å². The van der Waals surface area contributed by atoms with Crippen LogP contribution in [0.3, 0.4) is 0 Å². The molecule has 0 saturated heterocycles. The Morgan fingerprint density at radius 2 is 1.74 bits per heavy atom. The SMILES string of the molecule is Cc1cccc(N2CN(Cc3ccccc3)Cn3c2nc(C)c(C)c3=O)c1. The minimum Gasteiger partial charge on any atom is -0.298 e. The highest BCUT2D eigenvalue weighted by Gasteiger charge is 2.27. The Morgan fingerprint density at radius 3 is 2.48 bits per heavy atom. The predicted molar refractivity (Wildman–Crippen MR) is 108 cm³/mol. The highest BCUT2D eigenvalue weighted by molar-refractivity contribution is 5.59. The standard InChI is InChI=1S/C22H24N4O/c1-16-8-7-11-20(12-16)25-14-24(13-19-9-5-4-6-10-19)15-26-21(27)17(2)18(3)23-22(25)26/h4-12H,13-15H2,1-3H3. The molecule has 138 valence electrons. The molecule has 0 spiro atoms. The minimum atomic E-state index is 0.0351. The molecule has 0 atom stereocenters. The van der Waals surface area contributed by atoms with Crippen LogP contribution in [0.1, 0.15) is 22.4 Å². The van der Waals surface area contributed by atoms with Gasteiger partial charge < -0.3 is 0 Å². The van der Waals surface area contributed by atoms with E-state index in [-0.39, 0.29) is 5.56 Å². The molecule has 3 aromatic rings. The summed E-state index contributed by atoms with van der Waals surface area (Å²) in [5.74, 6) is 0.720. The summed E-state index contributed by atoms with van der Waals surface area (Å²) in [4.78, 5) is 22.1. The lowest BCUT2D eigenvalue weighted by Gasteiger charge is -2.38. The van der Waals surface area contributed by atoms with E-state index in [4.69, 9.17) is 4.98 Å². The number of rotatable bonds is 3. The Hall–Kier alpha value is -2.92. The molecule has 0 amide bonds. The number of anilines is 2. The summed E-state index contributed by atoms with van der Waals surface area (Å²) in [5.41, 5.74) is 5.01. The molecule has 5 heteroatoms.